The maximum Gasteiger partial charge on any atom is 0.192 e. The summed E-state index contributed by atoms with van der Waals surface area (Å²) in [5.74, 6) is 2.29. The van der Waals surface area contributed by atoms with Gasteiger partial charge < -0.3 is 20.3 Å². The smallest absolute Gasteiger partial charge is 0.192 e. The van der Waals surface area contributed by atoms with Gasteiger partial charge in [0, 0.05) is 23.2 Å². The molecule has 160 valence electrons. The molecule has 0 aliphatic carbocycles. The van der Waals surface area contributed by atoms with Crippen LogP contribution in [0, 0.1) is 6.92 Å². The van der Waals surface area contributed by atoms with Crippen LogP contribution in [0.3, 0.4) is 0 Å². The highest BCUT2D eigenvalue weighted by molar-refractivity contribution is 7.19. The average molecular weight is 435 g/mol. The fraction of sp³-hybridized carbons (Fsp3) is 0.261. The Hall–Kier alpha value is -3.23. The molecule has 0 saturated carbocycles. The zero-order valence-electron chi connectivity index (χ0n) is 17.6. The Morgan fingerprint density at radius 3 is 2.61 bits per heavy atom. The van der Waals surface area contributed by atoms with Gasteiger partial charge in [-0.1, -0.05) is 48.5 Å². The number of aliphatic hydroxyl groups excluding tert-OH is 1. The summed E-state index contributed by atoms with van der Waals surface area (Å²) in [4.78, 5) is 5.61. The highest BCUT2D eigenvalue weighted by Gasteiger charge is 2.13. The zero-order chi connectivity index (χ0) is 21.6. The number of benzene rings is 2. The molecule has 31 heavy (non-hydrogen) atoms. The van der Waals surface area contributed by atoms with Gasteiger partial charge in [-0.3, -0.25) is 0 Å². The molecule has 0 radical (unpaired) electrons. The van der Waals surface area contributed by atoms with Gasteiger partial charge >= 0.3 is 0 Å². The molecule has 0 amide bonds. The average Bonchev–Trinajstić information content (AvgIpc) is 3.37. The lowest BCUT2D eigenvalue weighted by Gasteiger charge is -2.15. The predicted molar refractivity (Wildman–Crippen MR) is 125 cm³/mol. The minimum Gasteiger partial charge on any atom is -0.386 e. The van der Waals surface area contributed by atoms with Crippen LogP contribution in [0.25, 0.3) is 10.1 Å². The number of fused-ring (bicyclic) bond motifs is 1. The number of nitrogens with one attached hydrogen (secondary N) is 2. The second-order valence-electron chi connectivity index (χ2n) is 7.31. The molecule has 8 heteroatoms. The number of hydrogen-bond acceptors (Lipinski definition) is 5. The lowest BCUT2D eigenvalue weighted by molar-refractivity contribution is 0.184. The van der Waals surface area contributed by atoms with Gasteiger partial charge in [0.2, 0.25) is 0 Å². The molecule has 0 saturated heterocycles. The summed E-state index contributed by atoms with van der Waals surface area (Å²) in [7, 11) is 1.94. The Bertz CT molecular complexity index is 1130. The molecular formula is C23H26N6OS. The first-order valence-corrected chi connectivity index (χ1v) is 11.0. The van der Waals surface area contributed by atoms with E-state index in [0.29, 0.717) is 25.6 Å². The third kappa shape index (κ3) is 5.28. The molecule has 0 spiro atoms. The van der Waals surface area contributed by atoms with Crippen LogP contribution < -0.4 is 10.6 Å². The topological polar surface area (TPSA) is 87.4 Å². The van der Waals surface area contributed by atoms with Crippen molar-refractivity contribution in [3.63, 3.8) is 0 Å². The van der Waals surface area contributed by atoms with Crippen molar-refractivity contribution in [2.45, 2.75) is 26.1 Å². The van der Waals surface area contributed by atoms with E-state index < -0.39 is 6.10 Å². The Morgan fingerprint density at radius 1 is 1.10 bits per heavy atom. The van der Waals surface area contributed by atoms with Crippen LogP contribution in [0.15, 0.2) is 65.7 Å². The molecule has 4 aromatic rings. The first kappa shape index (κ1) is 21.0. The lowest BCUT2D eigenvalue weighted by atomic mass is 10.2. The van der Waals surface area contributed by atoms with Crippen molar-refractivity contribution in [2.75, 3.05) is 6.54 Å². The summed E-state index contributed by atoms with van der Waals surface area (Å²) >= 11 is 1.61. The summed E-state index contributed by atoms with van der Waals surface area (Å²) in [6.07, 6.45) is -0.627. The standard InChI is InChI=1S/C23H26N6OS/c1-16-27-28-22(29(16)2)15-26-23(24-13-17-8-4-3-5-9-17)25-14-19(30)21-12-18-10-6-7-11-20(18)31-21/h3-12,19,30H,13-15H2,1-2H3,(H2,24,25,26). The number of rotatable bonds is 7. The van der Waals surface area contributed by atoms with Crippen LogP contribution in [-0.2, 0) is 20.1 Å². The van der Waals surface area contributed by atoms with Gasteiger partial charge in [-0.2, -0.15) is 0 Å². The van der Waals surface area contributed by atoms with Crippen molar-refractivity contribution in [1.82, 2.24) is 25.4 Å². The van der Waals surface area contributed by atoms with Gasteiger partial charge in [0.1, 0.15) is 11.9 Å². The third-order valence-electron chi connectivity index (χ3n) is 5.10. The number of guanidine groups is 1. The van der Waals surface area contributed by atoms with Gasteiger partial charge in [0.25, 0.3) is 0 Å². The lowest BCUT2D eigenvalue weighted by Crippen LogP contribution is -2.39. The highest BCUT2D eigenvalue weighted by Crippen LogP contribution is 2.29. The molecule has 3 N–H and O–H groups in total. The van der Waals surface area contributed by atoms with E-state index in [4.69, 9.17) is 0 Å². The largest absolute Gasteiger partial charge is 0.386 e. The predicted octanol–water partition coefficient (Wildman–Crippen LogP) is 3.31. The van der Waals surface area contributed by atoms with Crippen LogP contribution in [0.4, 0.5) is 0 Å². The second kappa shape index (κ2) is 9.72. The molecule has 0 fully saturated rings. The maximum absolute atomic E-state index is 10.7. The fourth-order valence-electron chi connectivity index (χ4n) is 3.16. The van der Waals surface area contributed by atoms with E-state index in [1.54, 1.807) is 11.3 Å². The number of aliphatic imine (C=N–C) groups is 1. The minimum absolute atomic E-state index is 0.352. The van der Waals surface area contributed by atoms with Gasteiger partial charge in [-0.25, -0.2) is 4.99 Å². The number of aryl methyl sites for hydroxylation is 1. The molecule has 1 unspecified atom stereocenters. The van der Waals surface area contributed by atoms with E-state index in [9.17, 15) is 5.11 Å². The molecule has 0 bridgehead atoms. The van der Waals surface area contributed by atoms with Crippen LogP contribution >= 0.6 is 11.3 Å². The molecule has 0 aliphatic heterocycles. The number of thiophene rings is 1. The molecule has 4 rings (SSSR count). The Kier molecular flexibility index (Phi) is 6.59. The Labute approximate surface area is 185 Å². The van der Waals surface area contributed by atoms with Crippen LogP contribution in [0.1, 0.15) is 28.2 Å². The fourth-order valence-corrected chi connectivity index (χ4v) is 4.21. The zero-order valence-corrected chi connectivity index (χ0v) is 18.4. The monoisotopic (exact) mass is 434 g/mol. The summed E-state index contributed by atoms with van der Waals surface area (Å²) in [5.41, 5.74) is 1.11. The van der Waals surface area contributed by atoms with Gasteiger partial charge in [0.05, 0.1) is 13.1 Å². The molecule has 2 aromatic heterocycles. The number of nitrogens with zero attached hydrogens (tertiary/aromatic N) is 4. The van der Waals surface area contributed by atoms with Gasteiger partial charge in [0.15, 0.2) is 11.8 Å². The van der Waals surface area contributed by atoms with Gasteiger partial charge in [-0.05, 0) is 30.0 Å². The summed E-state index contributed by atoms with van der Waals surface area (Å²) < 4.78 is 3.11. The van der Waals surface area contributed by atoms with Crippen molar-refractivity contribution in [1.29, 1.82) is 0 Å². The van der Waals surface area contributed by atoms with Crippen molar-refractivity contribution < 1.29 is 5.11 Å². The Morgan fingerprint density at radius 2 is 1.87 bits per heavy atom. The van der Waals surface area contributed by atoms with Gasteiger partial charge in [-0.15, -0.1) is 21.5 Å². The van der Waals surface area contributed by atoms with Crippen LogP contribution in [0.2, 0.25) is 0 Å². The van der Waals surface area contributed by atoms with Crippen molar-refractivity contribution >= 4 is 27.4 Å². The molecule has 1 atom stereocenters. The summed E-state index contributed by atoms with van der Waals surface area (Å²) in [6, 6.07) is 20.3. The normalized spacial score (nSPS) is 12.8. The first-order valence-electron chi connectivity index (χ1n) is 10.2. The van der Waals surface area contributed by atoms with E-state index in [2.05, 4.69) is 38.0 Å². The van der Waals surface area contributed by atoms with E-state index in [-0.39, 0.29) is 0 Å². The van der Waals surface area contributed by atoms with Crippen molar-refractivity contribution in [3.05, 3.63) is 82.8 Å². The van der Waals surface area contributed by atoms with E-state index in [0.717, 1.165) is 27.5 Å². The quantitative estimate of drug-likeness (QED) is 0.307. The van der Waals surface area contributed by atoms with Crippen molar-refractivity contribution in [3.8, 4) is 0 Å². The molecule has 0 aliphatic rings. The maximum atomic E-state index is 10.7. The minimum atomic E-state index is -0.627. The summed E-state index contributed by atoms with van der Waals surface area (Å²) in [6.45, 7) is 3.29. The SMILES string of the molecule is Cc1nnc(CNC(=NCc2ccccc2)NCC(O)c2cc3ccccc3s2)n1C. The van der Waals surface area contributed by atoms with E-state index in [1.165, 1.54) is 4.70 Å². The molecule has 7 nitrogen and oxygen atoms in total. The highest BCUT2D eigenvalue weighted by atomic mass is 32.1. The number of aromatic nitrogens is 3. The van der Waals surface area contributed by atoms with E-state index in [1.807, 2.05) is 67.1 Å². The summed E-state index contributed by atoms with van der Waals surface area (Å²) in [5, 5.41) is 26.7. The number of hydrogen-bond donors (Lipinski definition) is 3. The van der Waals surface area contributed by atoms with Crippen molar-refractivity contribution in [2.24, 2.45) is 12.0 Å². The van der Waals surface area contributed by atoms with E-state index >= 15 is 0 Å². The molecule has 2 aromatic carbocycles. The first-order chi connectivity index (χ1) is 15.1. The van der Waals surface area contributed by atoms with Crippen LogP contribution in [-0.4, -0.2) is 32.4 Å². The Balaban J connectivity index is 1.44. The third-order valence-corrected chi connectivity index (χ3v) is 6.31. The second-order valence-corrected chi connectivity index (χ2v) is 8.43. The molecular weight excluding hydrogens is 408 g/mol. The van der Waals surface area contributed by atoms with Crippen LogP contribution in [0.5, 0.6) is 0 Å². The number of aliphatic hydroxyl groups is 1. The molecule has 2 heterocycles.